The lowest BCUT2D eigenvalue weighted by Gasteiger charge is -2.36. The lowest BCUT2D eigenvalue weighted by atomic mass is 9.77. The van der Waals surface area contributed by atoms with Gasteiger partial charge in [-0.25, -0.2) is 14.5 Å². The second kappa shape index (κ2) is 8.21. The molecule has 2 aromatic carbocycles. The van der Waals surface area contributed by atoms with Crippen molar-refractivity contribution in [3.05, 3.63) is 64.2 Å². The van der Waals surface area contributed by atoms with Crippen molar-refractivity contribution in [3.63, 3.8) is 0 Å². The van der Waals surface area contributed by atoms with Crippen molar-refractivity contribution in [2.45, 2.75) is 18.1 Å². The van der Waals surface area contributed by atoms with E-state index in [0.717, 1.165) is 16.7 Å². The number of hydrogen-bond donors (Lipinski definition) is 1. The Morgan fingerprint density at radius 3 is 2.62 bits per heavy atom. The zero-order valence-electron chi connectivity index (χ0n) is 18.3. The average molecular weight is 480 g/mol. The molecule has 2 amide bonds. The summed E-state index contributed by atoms with van der Waals surface area (Å²) in [6.07, 6.45) is 0. The highest BCUT2D eigenvalue weighted by Crippen LogP contribution is 2.56. The smallest absolute Gasteiger partial charge is 0.342 e. The highest BCUT2D eigenvalue weighted by molar-refractivity contribution is 8.04. The van der Waals surface area contributed by atoms with Gasteiger partial charge in [-0.1, -0.05) is 36.0 Å². The van der Waals surface area contributed by atoms with E-state index in [0.29, 0.717) is 17.9 Å². The minimum absolute atomic E-state index is 0.0820. The Bertz CT molecular complexity index is 1290. The van der Waals surface area contributed by atoms with Gasteiger partial charge in [-0.05, 0) is 25.1 Å². The monoisotopic (exact) mass is 480 g/mol. The molecular formula is C24H20N2O7S. The number of carbonyl (C=O) groups is 4. The number of esters is 2. The molecule has 34 heavy (non-hydrogen) atoms. The molecule has 1 fully saturated rings. The van der Waals surface area contributed by atoms with Crippen molar-refractivity contribution >= 4 is 41.2 Å². The first-order valence-electron chi connectivity index (χ1n) is 10.6. The van der Waals surface area contributed by atoms with Gasteiger partial charge in [0.25, 0.3) is 0 Å². The maximum absolute atomic E-state index is 13.8. The molecular weight excluding hydrogens is 460 g/mol. The molecule has 9 nitrogen and oxygen atoms in total. The summed E-state index contributed by atoms with van der Waals surface area (Å²) in [5.74, 6) is -3.54. The highest BCUT2D eigenvalue weighted by Gasteiger charge is 2.59. The van der Waals surface area contributed by atoms with Gasteiger partial charge in [0.15, 0.2) is 11.5 Å². The van der Waals surface area contributed by atoms with Crippen LogP contribution in [0.3, 0.4) is 0 Å². The summed E-state index contributed by atoms with van der Waals surface area (Å²) < 4.78 is 16.0. The van der Waals surface area contributed by atoms with Gasteiger partial charge in [0, 0.05) is 11.5 Å². The van der Waals surface area contributed by atoms with E-state index in [2.05, 4.69) is 0 Å². The summed E-state index contributed by atoms with van der Waals surface area (Å²) in [6, 6.07) is 11.4. The van der Waals surface area contributed by atoms with Crippen molar-refractivity contribution in [2.24, 2.45) is 11.7 Å². The Morgan fingerprint density at radius 1 is 1.12 bits per heavy atom. The molecule has 0 bridgehead atoms. The number of methoxy groups -OCH3 is 1. The predicted molar refractivity (Wildman–Crippen MR) is 122 cm³/mol. The van der Waals surface area contributed by atoms with Crippen LogP contribution >= 0.6 is 11.8 Å². The molecule has 0 unspecified atom stereocenters. The summed E-state index contributed by atoms with van der Waals surface area (Å²) in [4.78, 5) is 53.6. The SMILES string of the molecule is CCOc1cccc2c1OC(=O)C1=C(N)S[C@@H]3C(=O)N(c4ccccc4C(=O)OC)C(=O)[C@H]3[C@@H]12. The Kier molecular flexibility index (Phi) is 5.32. The van der Waals surface area contributed by atoms with Crippen molar-refractivity contribution in [3.8, 4) is 11.5 Å². The number of rotatable bonds is 4. The van der Waals surface area contributed by atoms with Crippen LogP contribution < -0.4 is 20.1 Å². The first-order chi connectivity index (χ1) is 16.4. The third-order valence-corrected chi connectivity index (χ3v) is 7.32. The number of hydrogen-bond acceptors (Lipinski definition) is 9. The van der Waals surface area contributed by atoms with Gasteiger partial charge in [-0.15, -0.1) is 0 Å². The van der Waals surface area contributed by atoms with Crippen LogP contribution in [0.1, 0.15) is 28.8 Å². The molecule has 0 radical (unpaired) electrons. The fourth-order valence-corrected chi connectivity index (χ4v) is 5.95. The van der Waals surface area contributed by atoms with E-state index in [1.165, 1.54) is 19.2 Å². The fourth-order valence-electron chi connectivity index (χ4n) is 4.71. The summed E-state index contributed by atoms with van der Waals surface area (Å²) >= 11 is 0.963. The van der Waals surface area contributed by atoms with Crippen LogP contribution in [0.5, 0.6) is 11.5 Å². The van der Waals surface area contributed by atoms with Crippen LogP contribution in [0.15, 0.2) is 53.1 Å². The molecule has 0 spiro atoms. The summed E-state index contributed by atoms with van der Waals surface area (Å²) in [6.45, 7) is 2.15. The number of carbonyl (C=O) groups excluding carboxylic acids is 4. The normalized spacial score (nSPS) is 23.2. The van der Waals surface area contributed by atoms with E-state index >= 15 is 0 Å². The number of ether oxygens (including phenoxy) is 3. The molecule has 2 aromatic rings. The van der Waals surface area contributed by atoms with Crippen LogP contribution in [-0.2, 0) is 19.1 Å². The summed E-state index contributed by atoms with van der Waals surface area (Å²) in [5.41, 5.74) is 7.14. The van der Waals surface area contributed by atoms with Gasteiger partial charge >= 0.3 is 11.9 Å². The Balaban J connectivity index is 1.66. The van der Waals surface area contributed by atoms with Gasteiger partial charge in [0.1, 0.15) is 5.25 Å². The van der Waals surface area contributed by atoms with E-state index in [9.17, 15) is 19.2 Å². The first-order valence-corrected chi connectivity index (χ1v) is 11.5. The molecule has 1 saturated heterocycles. The second-order valence-electron chi connectivity index (χ2n) is 7.84. The number of nitrogens with two attached hydrogens (primary N) is 1. The predicted octanol–water partition coefficient (Wildman–Crippen LogP) is 2.35. The van der Waals surface area contributed by atoms with Crippen molar-refractivity contribution in [1.82, 2.24) is 0 Å². The molecule has 10 heteroatoms. The van der Waals surface area contributed by atoms with Gasteiger partial charge in [0.05, 0.1) is 41.5 Å². The topological polar surface area (TPSA) is 125 Å². The maximum atomic E-state index is 13.8. The Hall–Kier alpha value is -3.79. The third kappa shape index (κ3) is 3.09. The molecule has 0 aliphatic carbocycles. The molecule has 5 rings (SSSR count). The minimum atomic E-state index is -0.922. The van der Waals surface area contributed by atoms with Crippen molar-refractivity contribution in [1.29, 1.82) is 0 Å². The number of benzene rings is 2. The quantitative estimate of drug-likeness (QED) is 0.399. The molecule has 3 heterocycles. The summed E-state index contributed by atoms with van der Waals surface area (Å²) in [5, 5.41) is -0.741. The lowest BCUT2D eigenvalue weighted by molar-refractivity contribution is -0.132. The molecule has 0 aromatic heterocycles. The van der Waals surface area contributed by atoms with Crippen molar-refractivity contribution < 1.29 is 33.4 Å². The fraction of sp³-hybridized carbons (Fsp3) is 0.250. The van der Waals surface area contributed by atoms with Crippen molar-refractivity contribution in [2.75, 3.05) is 18.6 Å². The van der Waals surface area contributed by atoms with E-state index in [1.807, 2.05) is 0 Å². The van der Waals surface area contributed by atoms with Crippen LogP contribution in [-0.4, -0.2) is 42.7 Å². The van der Waals surface area contributed by atoms with Gasteiger partial charge in [-0.2, -0.15) is 0 Å². The van der Waals surface area contributed by atoms with Crippen LogP contribution in [0.25, 0.3) is 0 Å². The number of fused-ring (bicyclic) bond motifs is 5. The molecule has 3 atom stereocenters. The maximum Gasteiger partial charge on any atom is 0.342 e. The number of anilines is 1. The Morgan fingerprint density at radius 2 is 1.88 bits per heavy atom. The van der Waals surface area contributed by atoms with Crippen LogP contribution in [0.4, 0.5) is 5.69 Å². The number of para-hydroxylation sites is 2. The van der Waals surface area contributed by atoms with Gasteiger partial charge in [-0.3, -0.25) is 9.59 Å². The van der Waals surface area contributed by atoms with Gasteiger partial charge in [0.2, 0.25) is 11.8 Å². The van der Waals surface area contributed by atoms with E-state index in [-0.39, 0.29) is 27.6 Å². The second-order valence-corrected chi connectivity index (χ2v) is 9.02. The molecule has 2 N–H and O–H groups in total. The molecule has 3 aliphatic rings. The number of thioether (sulfide) groups is 1. The van der Waals surface area contributed by atoms with E-state index in [4.69, 9.17) is 19.9 Å². The third-order valence-electron chi connectivity index (χ3n) is 6.09. The van der Waals surface area contributed by atoms with Gasteiger partial charge < -0.3 is 19.9 Å². The van der Waals surface area contributed by atoms with Crippen LogP contribution in [0.2, 0.25) is 0 Å². The van der Waals surface area contributed by atoms with Crippen LogP contribution in [0, 0.1) is 5.92 Å². The average Bonchev–Trinajstić information content (AvgIpc) is 3.08. The number of imide groups is 1. The minimum Gasteiger partial charge on any atom is -0.490 e. The lowest BCUT2D eigenvalue weighted by Crippen LogP contribution is -2.40. The number of amides is 2. The first kappa shape index (κ1) is 22.0. The zero-order valence-corrected chi connectivity index (χ0v) is 19.1. The van der Waals surface area contributed by atoms with E-state index in [1.54, 1.807) is 37.3 Å². The largest absolute Gasteiger partial charge is 0.490 e. The standard InChI is InChI=1S/C24H20N2O7S/c1-3-32-14-10-6-8-12-15-16-19(34-20(25)17(15)24(30)33-18(12)14)22(28)26(21(16)27)13-9-5-4-7-11(13)23(29)31-2/h4-10,15-16,19H,3,25H2,1-2H3/t15-,16-,19-/m0/s1. The highest BCUT2D eigenvalue weighted by atomic mass is 32.2. The molecule has 3 aliphatic heterocycles. The molecule has 0 saturated carbocycles. The zero-order chi connectivity index (χ0) is 24.1. The Labute approximate surface area is 198 Å². The molecule has 174 valence electrons. The number of nitrogens with zero attached hydrogens (tertiary/aromatic N) is 1. The summed E-state index contributed by atoms with van der Waals surface area (Å²) in [7, 11) is 1.22. The van der Waals surface area contributed by atoms with E-state index < -0.39 is 40.8 Å².